The Hall–Kier alpha value is -2.34. The number of alkyl halides is 1. The molecular formula is C21H25FO5. The third-order valence-electron chi connectivity index (χ3n) is 4.74. The van der Waals surface area contributed by atoms with Gasteiger partial charge in [-0.25, -0.2) is 4.39 Å². The van der Waals surface area contributed by atoms with E-state index in [9.17, 15) is 18.8 Å². The monoisotopic (exact) mass is 376 g/mol. The molecule has 0 heterocycles. The average Bonchev–Trinajstić information content (AvgIpc) is 2.98. The largest absolute Gasteiger partial charge is 0.469 e. The van der Waals surface area contributed by atoms with Gasteiger partial charge in [-0.15, -0.1) is 0 Å². The van der Waals surface area contributed by atoms with Crippen molar-refractivity contribution in [2.45, 2.75) is 44.6 Å². The third-order valence-corrected chi connectivity index (χ3v) is 4.74. The van der Waals surface area contributed by atoms with Crippen molar-refractivity contribution >= 4 is 18.0 Å². The Morgan fingerprint density at radius 3 is 2.70 bits per heavy atom. The first kappa shape index (κ1) is 21.0. The maximum Gasteiger partial charge on any atom is 0.308 e. The normalized spacial score (nSPS) is 23.5. The number of hydrogen-bond acceptors (Lipinski definition) is 5. The highest BCUT2D eigenvalue weighted by molar-refractivity contribution is 5.88. The van der Waals surface area contributed by atoms with Crippen molar-refractivity contribution < 1.29 is 28.2 Å². The van der Waals surface area contributed by atoms with Crippen molar-refractivity contribution in [1.82, 2.24) is 0 Å². The quantitative estimate of drug-likeness (QED) is 0.356. The SMILES string of the molecule is COC(=O)CC(F)C/C=C/C[C@H]1C(=O)C[C@@H](OCc2ccccc2)[C@@H]1C=O. The number of allylic oxidation sites excluding steroid dienone is 2. The van der Waals surface area contributed by atoms with E-state index >= 15 is 0 Å². The Kier molecular flexibility index (Phi) is 8.33. The van der Waals surface area contributed by atoms with Gasteiger partial charge < -0.3 is 14.3 Å². The lowest BCUT2D eigenvalue weighted by atomic mass is 9.92. The van der Waals surface area contributed by atoms with Crippen LogP contribution in [0.15, 0.2) is 42.5 Å². The van der Waals surface area contributed by atoms with Crippen LogP contribution in [0.3, 0.4) is 0 Å². The smallest absolute Gasteiger partial charge is 0.308 e. The Labute approximate surface area is 158 Å². The summed E-state index contributed by atoms with van der Waals surface area (Å²) in [5, 5.41) is 0. The van der Waals surface area contributed by atoms with Crippen LogP contribution in [0.4, 0.5) is 4.39 Å². The minimum absolute atomic E-state index is 0.0128. The van der Waals surface area contributed by atoms with E-state index in [1.165, 1.54) is 7.11 Å². The van der Waals surface area contributed by atoms with Crippen LogP contribution in [0.5, 0.6) is 0 Å². The number of ketones is 1. The highest BCUT2D eigenvalue weighted by Gasteiger charge is 2.42. The van der Waals surface area contributed by atoms with Crippen LogP contribution in [0.1, 0.15) is 31.2 Å². The second kappa shape index (κ2) is 10.7. The first-order valence-corrected chi connectivity index (χ1v) is 9.04. The molecule has 1 aromatic carbocycles. The molecule has 0 N–H and O–H groups in total. The number of benzene rings is 1. The number of hydrogen-bond donors (Lipinski definition) is 0. The molecule has 0 aromatic heterocycles. The molecule has 0 aliphatic heterocycles. The number of methoxy groups -OCH3 is 1. The van der Waals surface area contributed by atoms with Gasteiger partial charge in [-0.1, -0.05) is 42.5 Å². The fourth-order valence-electron chi connectivity index (χ4n) is 3.21. The van der Waals surface area contributed by atoms with Gasteiger partial charge in [0.2, 0.25) is 0 Å². The van der Waals surface area contributed by atoms with E-state index in [0.29, 0.717) is 13.0 Å². The molecule has 0 radical (unpaired) electrons. The third kappa shape index (κ3) is 6.40. The summed E-state index contributed by atoms with van der Waals surface area (Å²) in [6, 6.07) is 9.57. The van der Waals surface area contributed by atoms with E-state index < -0.39 is 30.1 Å². The molecule has 0 spiro atoms. The average molecular weight is 376 g/mol. The van der Waals surface area contributed by atoms with Crippen molar-refractivity contribution in [2.75, 3.05) is 7.11 Å². The first-order valence-electron chi connectivity index (χ1n) is 9.04. The fourth-order valence-corrected chi connectivity index (χ4v) is 3.21. The highest BCUT2D eigenvalue weighted by atomic mass is 19.1. The lowest BCUT2D eigenvalue weighted by Gasteiger charge is -2.18. The van der Waals surface area contributed by atoms with Gasteiger partial charge in [-0.3, -0.25) is 9.59 Å². The summed E-state index contributed by atoms with van der Waals surface area (Å²) in [4.78, 5) is 34.8. The van der Waals surface area contributed by atoms with Crippen molar-refractivity contribution in [1.29, 1.82) is 0 Å². The molecule has 1 aromatic rings. The van der Waals surface area contributed by atoms with Crippen LogP contribution in [-0.2, 0) is 30.5 Å². The van der Waals surface area contributed by atoms with Crippen LogP contribution in [0.25, 0.3) is 0 Å². The summed E-state index contributed by atoms with van der Waals surface area (Å²) >= 11 is 0. The van der Waals surface area contributed by atoms with Crippen molar-refractivity contribution in [3.05, 3.63) is 48.0 Å². The van der Waals surface area contributed by atoms with Crippen molar-refractivity contribution in [3.8, 4) is 0 Å². The van der Waals surface area contributed by atoms with Crippen LogP contribution >= 0.6 is 0 Å². The molecule has 4 atom stereocenters. The van der Waals surface area contributed by atoms with Crippen LogP contribution in [0, 0.1) is 11.8 Å². The number of esters is 1. The predicted octanol–water partition coefficient (Wildman–Crippen LogP) is 3.21. The molecule has 1 unspecified atom stereocenters. The van der Waals surface area contributed by atoms with E-state index in [2.05, 4.69) is 4.74 Å². The van der Waals surface area contributed by atoms with Gasteiger partial charge in [0.25, 0.3) is 0 Å². The standard InChI is InChI=1S/C21H25FO5/c1-26-21(25)11-16(22)9-5-6-10-17-18(13-23)20(12-19(17)24)27-14-15-7-3-2-4-8-15/h2-8,13,16-18,20H,9-12,14H2,1H3/b6-5+/t16?,17-,18-,20-/m1/s1. The maximum absolute atomic E-state index is 13.6. The van der Waals surface area contributed by atoms with Gasteiger partial charge in [-0.05, 0) is 18.4 Å². The van der Waals surface area contributed by atoms with E-state index in [4.69, 9.17) is 4.74 Å². The number of carbonyl (C=O) groups is 3. The summed E-state index contributed by atoms with van der Waals surface area (Å²) in [6.45, 7) is 0.350. The number of aldehydes is 1. The molecule has 0 saturated heterocycles. The topological polar surface area (TPSA) is 69.7 Å². The number of ether oxygens (including phenoxy) is 2. The highest BCUT2D eigenvalue weighted by Crippen LogP contribution is 2.33. The minimum Gasteiger partial charge on any atom is -0.469 e. The second-order valence-corrected chi connectivity index (χ2v) is 6.65. The zero-order valence-corrected chi connectivity index (χ0v) is 15.4. The zero-order chi connectivity index (χ0) is 19.6. The van der Waals surface area contributed by atoms with Gasteiger partial charge in [0.1, 0.15) is 18.2 Å². The fraction of sp³-hybridized carbons (Fsp3) is 0.476. The molecular weight excluding hydrogens is 351 g/mol. The van der Waals surface area contributed by atoms with Gasteiger partial charge in [0.05, 0.1) is 32.2 Å². The minimum atomic E-state index is -1.32. The Morgan fingerprint density at radius 2 is 2.04 bits per heavy atom. The summed E-state index contributed by atoms with van der Waals surface area (Å²) in [6.07, 6.45) is 2.67. The summed E-state index contributed by atoms with van der Waals surface area (Å²) < 4.78 is 23.8. The van der Waals surface area contributed by atoms with Crippen LogP contribution < -0.4 is 0 Å². The molecule has 1 aliphatic rings. The van der Waals surface area contributed by atoms with E-state index in [-0.39, 0.29) is 25.0 Å². The molecule has 5 nitrogen and oxygen atoms in total. The molecule has 146 valence electrons. The Balaban J connectivity index is 1.83. The number of halogens is 1. The van der Waals surface area contributed by atoms with E-state index in [1.807, 2.05) is 30.3 Å². The molecule has 1 fully saturated rings. The maximum atomic E-state index is 13.6. The second-order valence-electron chi connectivity index (χ2n) is 6.65. The Morgan fingerprint density at radius 1 is 1.30 bits per heavy atom. The number of carbonyl (C=O) groups excluding carboxylic acids is 3. The summed E-state index contributed by atoms with van der Waals surface area (Å²) in [7, 11) is 1.21. The van der Waals surface area contributed by atoms with Gasteiger partial charge in [0, 0.05) is 12.3 Å². The molecule has 1 aliphatic carbocycles. The molecule has 2 rings (SSSR count). The van der Waals surface area contributed by atoms with E-state index in [1.54, 1.807) is 12.2 Å². The summed E-state index contributed by atoms with van der Waals surface area (Å²) in [5.74, 6) is -1.55. The van der Waals surface area contributed by atoms with Gasteiger partial charge >= 0.3 is 5.97 Å². The zero-order valence-electron chi connectivity index (χ0n) is 15.4. The summed E-state index contributed by atoms with van der Waals surface area (Å²) in [5.41, 5.74) is 0.984. The molecule has 0 bridgehead atoms. The van der Waals surface area contributed by atoms with Crippen molar-refractivity contribution in [2.24, 2.45) is 11.8 Å². The molecule has 27 heavy (non-hydrogen) atoms. The molecule has 6 heteroatoms. The first-order chi connectivity index (χ1) is 13.0. The number of Topliss-reactive ketones (excluding diaryl/α,β-unsaturated/α-hetero) is 1. The molecule has 0 amide bonds. The van der Waals surface area contributed by atoms with Gasteiger partial charge in [-0.2, -0.15) is 0 Å². The van der Waals surface area contributed by atoms with Gasteiger partial charge in [0.15, 0.2) is 0 Å². The predicted molar refractivity (Wildman–Crippen MR) is 97.6 cm³/mol. The van der Waals surface area contributed by atoms with Crippen LogP contribution in [0.2, 0.25) is 0 Å². The number of rotatable bonds is 10. The lowest BCUT2D eigenvalue weighted by Crippen LogP contribution is -2.24. The molecule has 1 saturated carbocycles. The van der Waals surface area contributed by atoms with Crippen molar-refractivity contribution in [3.63, 3.8) is 0 Å². The van der Waals surface area contributed by atoms with Crippen LogP contribution in [-0.4, -0.2) is 37.4 Å². The lowest BCUT2D eigenvalue weighted by molar-refractivity contribution is -0.141. The Bertz CT molecular complexity index is 658. The van der Waals surface area contributed by atoms with E-state index in [0.717, 1.165) is 11.8 Å².